The Hall–Kier alpha value is 1.06. The van der Waals surface area contributed by atoms with Crippen LogP contribution in [0.3, 0.4) is 0 Å². The van der Waals surface area contributed by atoms with Crippen LogP contribution in [0.15, 0.2) is 0 Å². The summed E-state index contributed by atoms with van der Waals surface area (Å²) in [6, 6.07) is 0. The average molecular weight is 102 g/mol. The van der Waals surface area contributed by atoms with Crippen LogP contribution in [0.1, 0.15) is 0 Å². The van der Waals surface area contributed by atoms with E-state index < -0.39 is 8.69 Å². The van der Waals surface area contributed by atoms with Crippen molar-refractivity contribution >= 4 is 36.6 Å². The molecule has 0 heterocycles. The Bertz CT molecular complexity index is 17.1. The maximum absolute atomic E-state index is 8.46. The molecule has 0 radical (unpaired) electrons. The first kappa shape index (κ1) is 9.41. The summed E-state index contributed by atoms with van der Waals surface area (Å²) in [6.07, 6.45) is 0. The van der Waals surface area contributed by atoms with E-state index in [2.05, 4.69) is 4.17 Å². The van der Waals surface area contributed by atoms with Crippen LogP contribution in [0.2, 0.25) is 4.17 Å². The fourth-order valence-electron chi connectivity index (χ4n) is 0. The van der Waals surface area contributed by atoms with Crippen LogP contribution in [0.4, 0.5) is 0 Å². The summed E-state index contributed by atoms with van der Waals surface area (Å²) in [4.78, 5) is 6.99. The maximum atomic E-state index is 8.46. The second-order valence-electron chi connectivity index (χ2n) is 0.0816. The van der Waals surface area contributed by atoms with Crippen LogP contribution in [0.25, 0.3) is 0 Å². The Morgan fingerprint density at radius 1 is 1.80 bits per heavy atom. The van der Waals surface area contributed by atoms with E-state index in [1.165, 1.54) is 27.9 Å². The molecule has 0 aliphatic heterocycles. The standard InChI is InChI=1S/CH3.Na.HO2P/c;;1-3-2/h1H3;;(H,1,2). The van der Waals surface area contributed by atoms with Gasteiger partial charge in [-0.3, -0.25) is 0 Å². The van der Waals surface area contributed by atoms with Gasteiger partial charge in [0.15, 0.2) is 0 Å². The van der Waals surface area contributed by atoms with Crippen molar-refractivity contribution in [1.29, 1.82) is 0 Å². The SMILES string of the molecule is O=PO.[CH3][Na]. The minimum atomic E-state index is -0.833. The molecule has 0 aliphatic carbocycles. The van der Waals surface area contributed by atoms with Crippen molar-refractivity contribution in [1.82, 2.24) is 0 Å². The van der Waals surface area contributed by atoms with E-state index in [1.807, 2.05) is 0 Å². The van der Waals surface area contributed by atoms with E-state index in [0.717, 1.165) is 0 Å². The first-order valence-corrected chi connectivity index (χ1v) is 4.15. The Labute approximate surface area is 50.3 Å². The van der Waals surface area contributed by atoms with Gasteiger partial charge in [0.25, 0.3) is 0 Å². The molecule has 0 aliphatic rings. The van der Waals surface area contributed by atoms with Gasteiger partial charge in [-0.15, -0.1) is 0 Å². The Morgan fingerprint density at radius 3 is 1.80 bits per heavy atom. The van der Waals surface area contributed by atoms with E-state index in [-0.39, 0.29) is 0 Å². The molecule has 0 aromatic carbocycles. The summed E-state index contributed by atoms with van der Waals surface area (Å²) in [5.41, 5.74) is 0. The topological polar surface area (TPSA) is 37.3 Å². The first-order chi connectivity index (χ1) is 2.41. The first-order valence-electron chi connectivity index (χ1n) is 1.38. The van der Waals surface area contributed by atoms with E-state index >= 15 is 0 Å². The normalized spacial score (nSPS) is 5.60. The van der Waals surface area contributed by atoms with Crippen LogP contribution >= 0.6 is 8.69 Å². The molecule has 0 atom stereocenters. The second-order valence-corrected chi connectivity index (χ2v) is 0.245. The molecule has 0 saturated carbocycles. The molecule has 0 unspecified atom stereocenters. The molecular weight excluding hydrogens is 98.0 g/mol. The third-order valence-electron chi connectivity index (χ3n) is 0. The quantitative estimate of drug-likeness (QED) is 0.354. The third kappa shape index (κ3) is 42.2. The van der Waals surface area contributed by atoms with E-state index in [9.17, 15) is 0 Å². The van der Waals surface area contributed by atoms with Gasteiger partial charge in [-0.1, -0.05) is 0 Å². The van der Waals surface area contributed by atoms with Gasteiger partial charge < -0.3 is 4.89 Å². The summed E-state index contributed by atoms with van der Waals surface area (Å²) in [5, 5.41) is 0. The minimum absolute atomic E-state index is 0.833. The van der Waals surface area contributed by atoms with Crippen LogP contribution in [0, 0.1) is 0 Å². The zero-order valence-electron chi connectivity index (χ0n) is 3.30. The van der Waals surface area contributed by atoms with Crippen LogP contribution in [0.5, 0.6) is 0 Å². The number of rotatable bonds is 0. The molecule has 0 bridgehead atoms. The molecule has 2 nitrogen and oxygen atoms in total. The Balaban J connectivity index is 0. The molecule has 0 spiro atoms. The van der Waals surface area contributed by atoms with Crippen molar-refractivity contribution in [3.8, 4) is 0 Å². The number of hydrogen-bond donors (Lipinski definition) is 1. The van der Waals surface area contributed by atoms with Gasteiger partial charge in [-0.05, 0) is 0 Å². The zero-order chi connectivity index (χ0) is 4.71. The van der Waals surface area contributed by atoms with Crippen molar-refractivity contribution in [3.63, 3.8) is 0 Å². The van der Waals surface area contributed by atoms with E-state index in [4.69, 9.17) is 9.46 Å². The summed E-state index contributed by atoms with van der Waals surface area (Å²) in [6.45, 7) is 0. The molecular formula is CH4NaO2P. The van der Waals surface area contributed by atoms with Crippen LogP contribution < -0.4 is 0 Å². The van der Waals surface area contributed by atoms with Gasteiger partial charge in [-0.2, -0.15) is 0 Å². The fraction of sp³-hybridized carbons (Fsp3) is 1.00. The monoisotopic (exact) mass is 102 g/mol. The second kappa shape index (κ2) is 19.7. The van der Waals surface area contributed by atoms with Crippen molar-refractivity contribution in [2.24, 2.45) is 0 Å². The molecule has 0 saturated heterocycles. The van der Waals surface area contributed by atoms with Crippen LogP contribution in [-0.4, -0.2) is 32.8 Å². The van der Waals surface area contributed by atoms with Gasteiger partial charge in [0.2, 0.25) is 0 Å². The van der Waals surface area contributed by atoms with Gasteiger partial charge in [0.05, 0.1) is 0 Å². The van der Waals surface area contributed by atoms with Crippen molar-refractivity contribution in [2.45, 2.75) is 4.17 Å². The predicted molar refractivity (Wildman–Crippen MR) is 21.4 cm³/mol. The van der Waals surface area contributed by atoms with E-state index in [0.29, 0.717) is 0 Å². The Morgan fingerprint density at radius 2 is 1.80 bits per heavy atom. The van der Waals surface area contributed by atoms with Crippen LogP contribution in [-0.2, 0) is 4.57 Å². The molecule has 4 heteroatoms. The molecule has 0 rings (SSSR count). The molecule has 0 amide bonds. The zero-order valence-corrected chi connectivity index (χ0v) is 6.20. The molecule has 0 aromatic rings. The Kier molecular flexibility index (Phi) is 37.0. The van der Waals surface area contributed by atoms with Gasteiger partial charge >= 0.3 is 40.8 Å². The molecule has 26 valence electrons. The van der Waals surface area contributed by atoms with Gasteiger partial charge in [0.1, 0.15) is 0 Å². The average Bonchev–Trinajstić information content (AvgIpc) is 1.46. The van der Waals surface area contributed by atoms with Gasteiger partial charge in [-0.25, -0.2) is 4.57 Å². The molecule has 5 heavy (non-hydrogen) atoms. The molecule has 0 fully saturated rings. The summed E-state index contributed by atoms with van der Waals surface area (Å²) in [5.74, 6) is 0. The van der Waals surface area contributed by atoms with Crippen molar-refractivity contribution in [2.75, 3.05) is 0 Å². The summed E-state index contributed by atoms with van der Waals surface area (Å²) >= 11 is 1.31. The van der Waals surface area contributed by atoms with E-state index in [1.54, 1.807) is 0 Å². The summed E-state index contributed by atoms with van der Waals surface area (Å²) in [7, 11) is -0.833. The predicted octanol–water partition coefficient (Wildman–Crippen LogP) is 0.388. The van der Waals surface area contributed by atoms with Crippen molar-refractivity contribution in [3.05, 3.63) is 0 Å². The fourth-order valence-corrected chi connectivity index (χ4v) is 0. The number of hydrogen-bond acceptors (Lipinski definition) is 1. The molecule has 0 aromatic heterocycles. The molecule has 1 N–H and O–H groups in total. The summed E-state index contributed by atoms with van der Waals surface area (Å²) < 4.78 is 10.6. The van der Waals surface area contributed by atoms with Crippen molar-refractivity contribution < 1.29 is 9.46 Å². The van der Waals surface area contributed by atoms with Gasteiger partial charge in [0, 0.05) is 0 Å². The third-order valence-corrected chi connectivity index (χ3v) is 0.